The van der Waals surface area contributed by atoms with Crippen LogP contribution in [0.5, 0.6) is 5.75 Å². The summed E-state index contributed by atoms with van der Waals surface area (Å²) in [4.78, 5) is 11.6. The summed E-state index contributed by atoms with van der Waals surface area (Å²) >= 11 is 0. The Hall–Kier alpha value is -2.75. The Morgan fingerprint density at radius 3 is 2.43 bits per heavy atom. The normalized spacial score (nSPS) is 11.0. The van der Waals surface area contributed by atoms with E-state index in [1.807, 2.05) is 31.2 Å². The van der Waals surface area contributed by atoms with Crippen molar-refractivity contribution in [2.24, 2.45) is 0 Å². The van der Waals surface area contributed by atoms with Crippen molar-refractivity contribution in [1.29, 1.82) is 0 Å². The summed E-state index contributed by atoms with van der Waals surface area (Å²) < 4.78 is 5.48. The molecule has 118 valence electrons. The smallest absolute Gasteiger partial charge is 0.339 e. The molecule has 23 heavy (non-hydrogen) atoms. The molecule has 0 aliphatic rings. The lowest BCUT2D eigenvalue weighted by Crippen LogP contribution is -2.00. The Morgan fingerprint density at radius 2 is 1.78 bits per heavy atom. The van der Waals surface area contributed by atoms with Crippen molar-refractivity contribution < 1.29 is 19.4 Å². The van der Waals surface area contributed by atoms with E-state index in [0.717, 1.165) is 17.4 Å². The van der Waals surface area contributed by atoms with Gasteiger partial charge in [0.1, 0.15) is 11.3 Å². The molecule has 0 aliphatic heterocycles. The van der Waals surface area contributed by atoms with E-state index in [9.17, 15) is 15.0 Å². The van der Waals surface area contributed by atoms with E-state index in [2.05, 4.69) is 6.92 Å². The van der Waals surface area contributed by atoms with Gasteiger partial charge in [-0.25, -0.2) is 4.79 Å². The summed E-state index contributed by atoms with van der Waals surface area (Å²) in [7, 11) is 0. The topological polar surface area (TPSA) is 70.7 Å². The van der Waals surface area contributed by atoms with Crippen molar-refractivity contribution in [3.8, 4) is 17.1 Å². The highest BCUT2D eigenvalue weighted by atomic mass is 16.4. The standard InChI is InChI=1S/C19H18O4/c1-3-11-6-5-7-14-13(11)8-9-15(17(14)20)18-16(19(21)22)12(4-2)10-23-18/h5-10,20H,3-4H2,1-2H3,(H,21,22). The minimum Gasteiger partial charge on any atom is -0.507 e. The molecule has 3 rings (SSSR count). The molecule has 0 aliphatic carbocycles. The minimum absolute atomic E-state index is 0.0531. The second-order valence-corrected chi connectivity index (χ2v) is 5.45. The van der Waals surface area contributed by atoms with Crippen LogP contribution >= 0.6 is 0 Å². The highest BCUT2D eigenvalue weighted by molar-refractivity contribution is 6.01. The van der Waals surface area contributed by atoms with Crippen molar-refractivity contribution >= 4 is 16.7 Å². The number of aromatic carboxylic acids is 1. The number of carboxylic acid groups (broad SMARTS) is 1. The second-order valence-electron chi connectivity index (χ2n) is 5.45. The number of phenols is 1. The number of aromatic hydroxyl groups is 1. The average Bonchev–Trinajstić information content (AvgIpc) is 2.98. The largest absolute Gasteiger partial charge is 0.507 e. The van der Waals surface area contributed by atoms with Crippen LogP contribution in [0.1, 0.15) is 35.3 Å². The van der Waals surface area contributed by atoms with Gasteiger partial charge in [0, 0.05) is 10.9 Å². The third-order valence-corrected chi connectivity index (χ3v) is 4.21. The third kappa shape index (κ3) is 2.36. The van der Waals surface area contributed by atoms with Gasteiger partial charge in [-0.05, 0) is 29.9 Å². The summed E-state index contributed by atoms with van der Waals surface area (Å²) in [5.74, 6) is -0.791. The molecule has 3 aromatic rings. The van der Waals surface area contributed by atoms with Gasteiger partial charge in [-0.2, -0.15) is 0 Å². The number of aryl methyl sites for hydroxylation is 2. The predicted octanol–water partition coefficient (Wildman–Crippen LogP) is 4.63. The monoisotopic (exact) mass is 310 g/mol. The summed E-state index contributed by atoms with van der Waals surface area (Å²) in [6, 6.07) is 9.37. The van der Waals surface area contributed by atoms with Crippen LogP contribution in [-0.2, 0) is 12.8 Å². The Bertz CT molecular complexity index is 890. The van der Waals surface area contributed by atoms with Crippen molar-refractivity contribution in [2.75, 3.05) is 0 Å². The maximum atomic E-state index is 11.6. The van der Waals surface area contributed by atoms with Crippen LogP contribution in [0.3, 0.4) is 0 Å². The molecule has 4 heteroatoms. The van der Waals surface area contributed by atoms with Gasteiger partial charge in [-0.3, -0.25) is 0 Å². The van der Waals surface area contributed by atoms with Crippen LogP contribution in [0.4, 0.5) is 0 Å². The molecule has 0 amide bonds. The van der Waals surface area contributed by atoms with Crippen LogP contribution in [0.2, 0.25) is 0 Å². The zero-order valence-corrected chi connectivity index (χ0v) is 13.1. The lowest BCUT2D eigenvalue weighted by atomic mass is 9.96. The zero-order valence-electron chi connectivity index (χ0n) is 13.1. The predicted molar refractivity (Wildman–Crippen MR) is 89.0 cm³/mol. The number of fused-ring (bicyclic) bond motifs is 1. The second kappa shape index (κ2) is 5.80. The Balaban J connectivity index is 2.28. The van der Waals surface area contributed by atoms with E-state index < -0.39 is 5.97 Å². The Kier molecular flexibility index (Phi) is 3.82. The van der Waals surface area contributed by atoms with E-state index in [1.54, 1.807) is 6.07 Å². The third-order valence-electron chi connectivity index (χ3n) is 4.21. The van der Waals surface area contributed by atoms with E-state index in [4.69, 9.17) is 4.42 Å². The molecule has 1 aromatic heterocycles. The maximum absolute atomic E-state index is 11.6. The fourth-order valence-electron chi connectivity index (χ4n) is 2.99. The summed E-state index contributed by atoms with van der Waals surface area (Å²) in [6.07, 6.45) is 2.86. The summed E-state index contributed by atoms with van der Waals surface area (Å²) in [5, 5.41) is 21.8. The molecular weight excluding hydrogens is 292 g/mol. The molecule has 0 spiro atoms. The molecule has 0 saturated heterocycles. The van der Waals surface area contributed by atoms with Gasteiger partial charge in [0.2, 0.25) is 0 Å². The number of phenolic OH excluding ortho intramolecular Hbond substituents is 1. The fraction of sp³-hybridized carbons (Fsp3) is 0.211. The fourth-order valence-corrected chi connectivity index (χ4v) is 2.99. The number of benzene rings is 2. The van der Waals surface area contributed by atoms with Crippen LogP contribution in [-0.4, -0.2) is 16.2 Å². The molecule has 0 saturated carbocycles. The molecule has 0 radical (unpaired) electrons. The molecule has 1 heterocycles. The van der Waals surface area contributed by atoms with Crippen molar-refractivity contribution in [3.63, 3.8) is 0 Å². The lowest BCUT2D eigenvalue weighted by Gasteiger charge is -2.10. The van der Waals surface area contributed by atoms with E-state index >= 15 is 0 Å². The Morgan fingerprint density at radius 1 is 1.04 bits per heavy atom. The molecule has 2 aromatic carbocycles. The van der Waals surface area contributed by atoms with Gasteiger partial charge in [0.15, 0.2) is 5.76 Å². The number of carboxylic acids is 1. The lowest BCUT2D eigenvalue weighted by molar-refractivity contribution is 0.0696. The van der Waals surface area contributed by atoms with Gasteiger partial charge < -0.3 is 14.6 Å². The van der Waals surface area contributed by atoms with Crippen molar-refractivity contribution in [3.05, 3.63) is 53.3 Å². The maximum Gasteiger partial charge on any atom is 0.339 e. The van der Waals surface area contributed by atoms with Gasteiger partial charge in [-0.1, -0.05) is 38.1 Å². The van der Waals surface area contributed by atoms with Crippen LogP contribution in [0, 0.1) is 0 Å². The average molecular weight is 310 g/mol. The Labute approximate surface area is 134 Å². The SMILES string of the molecule is CCc1coc(-c2ccc3c(CC)cccc3c2O)c1C(=O)O. The van der Waals surface area contributed by atoms with Crippen LogP contribution in [0.25, 0.3) is 22.1 Å². The number of carbonyl (C=O) groups is 1. The first-order valence-electron chi connectivity index (χ1n) is 7.66. The molecule has 0 unspecified atom stereocenters. The minimum atomic E-state index is -1.05. The van der Waals surface area contributed by atoms with Crippen molar-refractivity contribution in [2.45, 2.75) is 26.7 Å². The van der Waals surface area contributed by atoms with Gasteiger partial charge in [-0.15, -0.1) is 0 Å². The van der Waals surface area contributed by atoms with Crippen LogP contribution < -0.4 is 0 Å². The molecule has 2 N–H and O–H groups in total. The van der Waals surface area contributed by atoms with Gasteiger partial charge >= 0.3 is 5.97 Å². The molecule has 0 bridgehead atoms. The molecular formula is C19H18O4. The first-order valence-corrected chi connectivity index (χ1v) is 7.66. The summed E-state index contributed by atoms with van der Waals surface area (Å²) in [5.41, 5.74) is 2.28. The highest BCUT2D eigenvalue weighted by Gasteiger charge is 2.23. The molecule has 0 atom stereocenters. The highest BCUT2D eigenvalue weighted by Crippen LogP contribution is 2.40. The van der Waals surface area contributed by atoms with E-state index in [1.165, 1.54) is 6.26 Å². The van der Waals surface area contributed by atoms with Crippen molar-refractivity contribution in [1.82, 2.24) is 0 Å². The van der Waals surface area contributed by atoms with E-state index in [-0.39, 0.29) is 17.1 Å². The molecule has 0 fully saturated rings. The number of hydrogen-bond acceptors (Lipinski definition) is 3. The molecule has 4 nitrogen and oxygen atoms in total. The van der Waals surface area contributed by atoms with Crippen LogP contribution in [0.15, 0.2) is 41.0 Å². The van der Waals surface area contributed by atoms with E-state index in [0.29, 0.717) is 22.9 Å². The van der Waals surface area contributed by atoms with Gasteiger partial charge in [0.05, 0.1) is 11.8 Å². The quantitative estimate of drug-likeness (QED) is 0.737. The first-order chi connectivity index (χ1) is 11.1. The zero-order chi connectivity index (χ0) is 16.6. The first kappa shape index (κ1) is 15.2. The summed E-state index contributed by atoms with van der Waals surface area (Å²) in [6.45, 7) is 3.93. The van der Waals surface area contributed by atoms with Gasteiger partial charge in [0.25, 0.3) is 0 Å². The number of rotatable bonds is 4. The number of furan rings is 1. The number of hydrogen-bond donors (Lipinski definition) is 2.